The van der Waals surface area contributed by atoms with Gasteiger partial charge in [-0.3, -0.25) is 0 Å². The average Bonchev–Trinajstić information content (AvgIpc) is 2.71. The third-order valence-corrected chi connectivity index (χ3v) is 2.98. The number of hydrogen-bond donors (Lipinski definition) is 1. The molecule has 2 nitrogen and oxygen atoms in total. The van der Waals surface area contributed by atoms with Crippen molar-refractivity contribution in [1.82, 2.24) is 5.32 Å². The molecule has 0 amide bonds. The Morgan fingerprint density at radius 2 is 2.07 bits per heavy atom. The van der Waals surface area contributed by atoms with E-state index in [4.69, 9.17) is 4.74 Å². The molecule has 14 heavy (non-hydrogen) atoms. The van der Waals surface area contributed by atoms with Gasteiger partial charge in [0.15, 0.2) is 0 Å². The van der Waals surface area contributed by atoms with Gasteiger partial charge < -0.3 is 10.1 Å². The number of likely N-dealkylation sites (N-methyl/N-ethyl adjacent to an activating group) is 1. The van der Waals surface area contributed by atoms with E-state index in [-0.39, 0.29) is 0 Å². The third kappa shape index (κ3) is 2.74. The molecular weight excluding hydrogens is 174 g/mol. The Labute approximate surface area is 87.7 Å². The van der Waals surface area contributed by atoms with Crippen LogP contribution in [0, 0.1) is 5.92 Å². The van der Waals surface area contributed by atoms with Crippen LogP contribution in [-0.4, -0.2) is 19.2 Å². The summed E-state index contributed by atoms with van der Waals surface area (Å²) in [5, 5.41) is 3.53. The van der Waals surface area contributed by atoms with E-state index in [0.717, 1.165) is 19.6 Å². The zero-order valence-electron chi connectivity index (χ0n) is 9.68. The van der Waals surface area contributed by atoms with E-state index in [2.05, 4.69) is 32.2 Å². The smallest absolute Gasteiger partial charge is 0.109 e. The van der Waals surface area contributed by atoms with Crippen molar-refractivity contribution in [1.29, 1.82) is 0 Å². The Bertz CT molecular complexity index is 185. The van der Waals surface area contributed by atoms with Crippen LogP contribution in [0.4, 0.5) is 0 Å². The number of hydrogen-bond acceptors (Lipinski definition) is 2. The highest BCUT2D eigenvalue weighted by molar-refractivity contribution is 5.08. The van der Waals surface area contributed by atoms with E-state index >= 15 is 0 Å². The molecule has 0 aromatic carbocycles. The van der Waals surface area contributed by atoms with Crippen LogP contribution in [0.25, 0.3) is 0 Å². The topological polar surface area (TPSA) is 21.3 Å². The van der Waals surface area contributed by atoms with Gasteiger partial charge in [0.2, 0.25) is 0 Å². The van der Waals surface area contributed by atoms with Crippen molar-refractivity contribution in [2.24, 2.45) is 5.92 Å². The summed E-state index contributed by atoms with van der Waals surface area (Å²) in [5.41, 5.74) is 0. The first-order valence-electron chi connectivity index (χ1n) is 5.89. The van der Waals surface area contributed by atoms with Crippen LogP contribution < -0.4 is 5.32 Å². The van der Waals surface area contributed by atoms with Gasteiger partial charge >= 0.3 is 0 Å². The van der Waals surface area contributed by atoms with Gasteiger partial charge in [0.25, 0.3) is 0 Å². The van der Waals surface area contributed by atoms with Crippen molar-refractivity contribution in [2.75, 3.05) is 13.2 Å². The van der Waals surface area contributed by atoms with Crippen LogP contribution in [0.5, 0.6) is 0 Å². The first-order valence-corrected chi connectivity index (χ1v) is 5.89. The van der Waals surface area contributed by atoms with Crippen LogP contribution in [-0.2, 0) is 4.74 Å². The van der Waals surface area contributed by atoms with Crippen molar-refractivity contribution < 1.29 is 4.74 Å². The summed E-state index contributed by atoms with van der Waals surface area (Å²) in [5.74, 6) is 1.89. The molecule has 0 spiro atoms. The molecule has 1 aliphatic rings. The Morgan fingerprint density at radius 3 is 2.50 bits per heavy atom. The molecule has 1 unspecified atom stereocenters. The monoisotopic (exact) mass is 197 g/mol. The van der Waals surface area contributed by atoms with Crippen molar-refractivity contribution in [3.05, 3.63) is 11.8 Å². The maximum absolute atomic E-state index is 5.65. The molecule has 1 atom stereocenters. The molecule has 0 saturated carbocycles. The molecule has 0 aliphatic carbocycles. The van der Waals surface area contributed by atoms with Crippen LogP contribution in [0.3, 0.4) is 0 Å². The average molecular weight is 197 g/mol. The normalized spacial score (nSPS) is 18.1. The second kappa shape index (κ2) is 6.07. The molecule has 1 rings (SSSR count). The van der Waals surface area contributed by atoms with Crippen molar-refractivity contribution in [3.63, 3.8) is 0 Å². The Hall–Kier alpha value is -0.500. The van der Waals surface area contributed by atoms with Crippen molar-refractivity contribution >= 4 is 0 Å². The lowest BCUT2D eigenvalue weighted by Gasteiger charge is -2.26. The van der Waals surface area contributed by atoms with Gasteiger partial charge in [-0.2, -0.15) is 0 Å². The van der Waals surface area contributed by atoms with Gasteiger partial charge in [0.05, 0.1) is 12.6 Å². The molecule has 0 saturated heterocycles. The van der Waals surface area contributed by atoms with Gasteiger partial charge in [0, 0.05) is 6.42 Å². The molecule has 0 aromatic rings. The summed E-state index contributed by atoms with van der Waals surface area (Å²) >= 11 is 0. The van der Waals surface area contributed by atoms with Gasteiger partial charge in [-0.15, -0.1) is 0 Å². The van der Waals surface area contributed by atoms with Crippen molar-refractivity contribution in [3.8, 4) is 0 Å². The number of rotatable bonds is 6. The van der Waals surface area contributed by atoms with E-state index in [1.807, 2.05) is 0 Å². The number of nitrogens with one attached hydrogen (secondary N) is 1. The fraction of sp³-hybridized carbons (Fsp3) is 0.833. The summed E-state index contributed by atoms with van der Waals surface area (Å²) in [6.07, 6.45) is 5.76. The maximum atomic E-state index is 5.65. The second-order valence-corrected chi connectivity index (χ2v) is 3.86. The van der Waals surface area contributed by atoms with E-state index in [9.17, 15) is 0 Å². The first kappa shape index (κ1) is 11.6. The minimum atomic E-state index is 0.442. The lowest BCUT2D eigenvalue weighted by Crippen LogP contribution is -2.37. The fourth-order valence-corrected chi connectivity index (χ4v) is 2.13. The largest absolute Gasteiger partial charge is 0.496 e. The first-order chi connectivity index (χ1) is 6.83. The van der Waals surface area contributed by atoms with Gasteiger partial charge in [-0.25, -0.2) is 0 Å². The quantitative estimate of drug-likeness (QED) is 0.707. The van der Waals surface area contributed by atoms with Gasteiger partial charge in [-0.05, 0) is 18.5 Å². The van der Waals surface area contributed by atoms with Crippen LogP contribution in [0.1, 0.15) is 40.0 Å². The SMILES string of the molecule is CCNC(C1=CCCO1)C(CC)CC. The summed E-state index contributed by atoms with van der Waals surface area (Å²) < 4.78 is 5.65. The Morgan fingerprint density at radius 1 is 1.36 bits per heavy atom. The van der Waals surface area contributed by atoms with E-state index in [1.54, 1.807) is 0 Å². The highest BCUT2D eigenvalue weighted by atomic mass is 16.5. The van der Waals surface area contributed by atoms with Gasteiger partial charge in [-0.1, -0.05) is 33.6 Å². The van der Waals surface area contributed by atoms with E-state index in [0.29, 0.717) is 12.0 Å². The third-order valence-electron chi connectivity index (χ3n) is 2.98. The zero-order chi connectivity index (χ0) is 10.4. The second-order valence-electron chi connectivity index (χ2n) is 3.86. The molecule has 0 bridgehead atoms. The summed E-state index contributed by atoms with van der Waals surface area (Å²) in [6.45, 7) is 8.56. The molecule has 0 fully saturated rings. The lowest BCUT2D eigenvalue weighted by atomic mass is 9.92. The standard InChI is InChI=1S/C12H23NO/c1-4-10(5-2)12(13-6-3)11-8-7-9-14-11/h8,10,12-13H,4-7,9H2,1-3H3. The van der Waals surface area contributed by atoms with E-state index < -0.39 is 0 Å². The van der Waals surface area contributed by atoms with Crippen LogP contribution in [0.2, 0.25) is 0 Å². The Kier molecular flexibility index (Phi) is 5.02. The number of ether oxygens (including phenoxy) is 1. The van der Waals surface area contributed by atoms with Crippen LogP contribution in [0.15, 0.2) is 11.8 Å². The molecule has 0 aromatic heterocycles. The summed E-state index contributed by atoms with van der Waals surface area (Å²) in [6, 6.07) is 0.442. The molecule has 82 valence electrons. The van der Waals surface area contributed by atoms with E-state index in [1.165, 1.54) is 18.6 Å². The highest BCUT2D eigenvalue weighted by Gasteiger charge is 2.24. The fourth-order valence-electron chi connectivity index (χ4n) is 2.13. The zero-order valence-corrected chi connectivity index (χ0v) is 9.68. The molecule has 0 radical (unpaired) electrons. The predicted octanol–water partition coefficient (Wildman–Crippen LogP) is 2.70. The minimum absolute atomic E-state index is 0.442. The highest BCUT2D eigenvalue weighted by Crippen LogP contribution is 2.23. The predicted molar refractivity (Wildman–Crippen MR) is 60.2 cm³/mol. The van der Waals surface area contributed by atoms with Gasteiger partial charge in [0.1, 0.15) is 5.76 Å². The Balaban J connectivity index is 2.61. The minimum Gasteiger partial charge on any atom is -0.496 e. The van der Waals surface area contributed by atoms with Crippen LogP contribution >= 0.6 is 0 Å². The maximum Gasteiger partial charge on any atom is 0.109 e. The van der Waals surface area contributed by atoms with Crippen molar-refractivity contribution in [2.45, 2.75) is 46.1 Å². The lowest BCUT2D eigenvalue weighted by molar-refractivity contribution is 0.189. The molecular formula is C12H23NO. The molecule has 1 heterocycles. The summed E-state index contributed by atoms with van der Waals surface area (Å²) in [7, 11) is 0. The summed E-state index contributed by atoms with van der Waals surface area (Å²) in [4.78, 5) is 0. The molecule has 1 N–H and O–H groups in total. The molecule has 1 aliphatic heterocycles. The molecule has 2 heteroatoms.